The van der Waals surface area contributed by atoms with Gasteiger partial charge < -0.3 is 15.0 Å². The summed E-state index contributed by atoms with van der Waals surface area (Å²) in [5.41, 5.74) is 1.17. The van der Waals surface area contributed by atoms with E-state index in [2.05, 4.69) is 20.2 Å². The Kier molecular flexibility index (Phi) is 4.76. The Labute approximate surface area is 166 Å². The van der Waals surface area contributed by atoms with Crippen molar-refractivity contribution in [2.45, 2.75) is 26.5 Å². The summed E-state index contributed by atoms with van der Waals surface area (Å²) in [5, 5.41) is 7.00. The van der Waals surface area contributed by atoms with Crippen LogP contribution in [0.15, 0.2) is 30.6 Å². The molecule has 0 fully saturated rings. The summed E-state index contributed by atoms with van der Waals surface area (Å²) in [4.78, 5) is 22.5. The molecule has 1 aliphatic rings. The molecule has 148 valence electrons. The van der Waals surface area contributed by atoms with E-state index in [0.717, 1.165) is 0 Å². The minimum Gasteiger partial charge on any atom is -0.490 e. The van der Waals surface area contributed by atoms with Gasteiger partial charge in [0.2, 0.25) is 5.69 Å². The van der Waals surface area contributed by atoms with Crippen molar-refractivity contribution in [1.29, 1.82) is 0 Å². The summed E-state index contributed by atoms with van der Waals surface area (Å²) in [6.45, 7) is 12.2. The normalized spacial score (nSPS) is 16.8. The van der Waals surface area contributed by atoms with Crippen LogP contribution >= 0.6 is 0 Å². The van der Waals surface area contributed by atoms with Crippen molar-refractivity contribution in [3.8, 4) is 5.75 Å². The highest BCUT2D eigenvalue weighted by molar-refractivity contribution is 5.99. The number of benzene rings is 1. The molecule has 0 spiro atoms. The van der Waals surface area contributed by atoms with Gasteiger partial charge in [0.25, 0.3) is 5.91 Å². The minimum atomic E-state index is -0.592. The number of hydrogen-bond acceptors (Lipinski definition) is 5. The van der Waals surface area contributed by atoms with E-state index in [-0.39, 0.29) is 30.8 Å². The molecule has 2 bridgehead atoms. The van der Waals surface area contributed by atoms with Gasteiger partial charge in [-0.2, -0.15) is 5.10 Å². The summed E-state index contributed by atoms with van der Waals surface area (Å²) in [7, 11) is 0. The van der Waals surface area contributed by atoms with Crippen LogP contribution < -0.4 is 15.0 Å². The Bertz CT molecular complexity index is 1140. The molecule has 0 aliphatic carbocycles. The highest BCUT2D eigenvalue weighted by atomic mass is 19.1. The van der Waals surface area contributed by atoms with E-state index in [1.165, 1.54) is 22.8 Å². The van der Waals surface area contributed by atoms with Gasteiger partial charge in [0.15, 0.2) is 5.65 Å². The third-order valence-corrected chi connectivity index (χ3v) is 4.83. The zero-order chi connectivity index (χ0) is 20.5. The number of ether oxygens (including phenoxy) is 1. The fourth-order valence-corrected chi connectivity index (χ4v) is 3.30. The van der Waals surface area contributed by atoms with Crippen LogP contribution in [0.4, 0.5) is 15.9 Å². The first kappa shape index (κ1) is 18.7. The van der Waals surface area contributed by atoms with Gasteiger partial charge in [-0.05, 0) is 32.0 Å². The lowest BCUT2D eigenvalue weighted by molar-refractivity contribution is 0.0933. The maximum Gasteiger partial charge on any atom is 0.256 e. The number of hydrogen-bond donors (Lipinski definition) is 1. The molecule has 0 saturated heterocycles. The van der Waals surface area contributed by atoms with Crippen LogP contribution in [-0.4, -0.2) is 39.7 Å². The second-order valence-electron chi connectivity index (χ2n) is 6.75. The fourth-order valence-electron chi connectivity index (χ4n) is 3.30. The van der Waals surface area contributed by atoms with Gasteiger partial charge in [-0.25, -0.2) is 18.7 Å². The van der Waals surface area contributed by atoms with Crippen molar-refractivity contribution in [1.82, 2.24) is 19.9 Å². The lowest BCUT2D eigenvalue weighted by atomic mass is 10.1. The standard InChI is InChI=1S/C20H19FN6O2/c1-4-26-11-14-16(6-5-15(21)18(14)22-3)29-12(2)9-23-20(28)13-10-24-27-8-7-17(26)25-19(13)27/h5-8,10,12H,4,9,11H2,1-2H3,(H,23,28)/t12-/m0/s1. The predicted molar refractivity (Wildman–Crippen MR) is 105 cm³/mol. The molecule has 3 aromatic rings. The molecule has 0 unspecified atom stereocenters. The van der Waals surface area contributed by atoms with E-state index < -0.39 is 5.82 Å². The lowest BCUT2D eigenvalue weighted by Crippen LogP contribution is -2.33. The molecule has 2 aromatic heterocycles. The third-order valence-electron chi connectivity index (χ3n) is 4.83. The van der Waals surface area contributed by atoms with Crippen molar-refractivity contribution in [3.05, 3.63) is 59.0 Å². The van der Waals surface area contributed by atoms with E-state index in [1.54, 1.807) is 19.2 Å². The third kappa shape index (κ3) is 3.33. The van der Waals surface area contributed by atoms with Crippen molar-refractivity contribution in [2.75, 3.05) is 18.0 Å². The van der Waals surface area contributed by atoms with Gasteiger partial charge in [0, 0.05) is 24.8 Å². The predicted octanol–water partition coefficient (Wildman–Crippen LogP) is 2.96. The first-order valence-corrected chi connectivity index (χ1v) is 9.24. The lowest BCUT2D eigenvalue weighted by Gasteiger charge is -2.25. The van der Waals surface area contributed by atoms with Crippen LogP contribution in [0.1, 0.15) is 29.8 Å². The molecule has 0 saturated carbocycles. The van der Waals surface area contributed by atoms with Crippen molar-refractivity contribution in [3.63, 3.8) is 0 Å². The summed E-state index contributed by atoms with van der Waals surface area (Å²) in [6.07, 6.45) is 2.81. The maximum atomic E-state index is 14.3. The van der Waals surface area contributed by atoms with E-state index in [9.17, 15) is 9.18 Å². The van der Waals surface area contributed by atoms with Crippen LogP contribution in [0, 0.1) is 12.4 Å². The number of rotatable bonds is 1. The van der Waals surface area contributed by atoms with Crippen molar-refractivity contribution in [2.24, 2.45) is 0 Å². The number of nitrogens with zero attached hydrogens (tertiary/aromatic N) is 5. The van der Waals surface area contributed by atoms with Crippen LogP contribution in [0.25, 0.3) is 10.5 Å². The quantitative estimate of drug-likeness (QED) is 0.643. The molecular formula is C20H19FN6O2. The second kappa shape index (κ2) is 7.39. The number of aromatic nitrogens is 3. The van der Waals surface area contributed by atoms with Crippen LogP contribution in [0.5, 0.6) is 5.75 Å². The first-order chi connectivity index (χ1) is 14.0. The average Bonchev–Trinajstić information content (AvgIpc) is 3.14. The van der Waals surface area contributed by atoms with E-state index in [0.29, 0.717) is 34.9 Å². The molecule has 1 atom stereocenters. The van der Waals surface area contributed by atoms with Gasteiger partial charge >= 0.3 is 0 Å². The molecule has 9 heteroatoms. The molecule has 8 nitrogen and oxygen atoms in total. The zero-order valence-corrected chi connectivity index (χ0v) is 16.0. The summed E-state index contributed by atoms with van der Waals surface area (Å²) in [6, 6.07) is 4.52. The van der Waals surface area contributed by atoms with Crippen molar-refractivity contribution < 1.29 is 13.9 Å². The Balaban J connectivity index is 1.90. The SMILES string of the molecule is [C-]#[N+]c1c(F)ccc2c1CN(CC)c1ccn3ncc(c3n1)C(=O)NC[C@H](C)O2. The monoisotopic (exact) mass is 394 g/mol. The Morgan fingerprint density at radius 1 is 1.41 bits per heavy atom. The number of carbonyl (C=O) groups is 1. The summed E-state index contributed by atoms with van der Waals surface area (Å²) in [5.74, 6) is 0.114. The van der Waals surface area contributed by atoms with Gasteiger partial charge in [-0.15, -0.1) is 0 Å². The van der Waals surface area contributed by atoms with Gasteiger partial charge in [0.05, 0.1) is 19.3 Å². The molecule has 4 rings (SSSR count). The number of anilines is 1. The van der Waals surface area contributed by atoms with Gasteiger partial charge in [0.1, 0.15) is 29.1 Å². The summed E-state index contributed by atoms with van der Waals surface area (Å²) < 4.78 is 21.8. The number of halogens is 1. The van der Waals surface area contributed by atoms with Gasteiger partial charge in [-0.1, -0.05) is 0 Å². The fraction of sp³-hybridized carbons (Fsp3) is 0.300. The minimum absolute atomic E-state index is 0.0711. The largest absolute Gasteiger partial charge is 0.490 e. The van der Waals surface area contributed by atoms with Crippen LogP contribution in [-0.2, 0) is 6.54 Å². The first-order valence-electron chi connectivity index (χ1n) is 9.24. The van der Waals surface area contributed by atoms with Crippen molar-refractivity contribution >= 4 is 23.1 Å². The maximum absolute atomic E-state index is 14.3. The van der Waals surface area contributed by atoms with Gasteiger partial charge in [-0.3, -0.25) is 4.79 Å². The molecular weight excluding hydrogens is 375 g/mol. The molecule has 1 amide bonds. The Morgan fingerprint density at radius 3 is 3.00 bits per heavy atom. The van der Waals surface area contributed by atoms with Crippen LogP contribution in [0.2, 0.25) is 0 Å². The molecule has 1 aromatic carbocycles. The van der Waals surface area contributed by atoms with Crippen LogP contribution in [0.3, 0.4) is 0 Å². The highest BCUT2D eigenvalue weighted by Gasteiger charge is 2.22. The molecule has 0 radical (unpaired) electrons. The molecule has 1 aliphatic heterocycles. The highest BCUT2D eigenvalue weighted by Crippen LogP contribution is 2.34. The van der Waals surface area contributed by atoms with E-state index >= 15 is 0 Å². The smallest absolute Gasteiger partial charge is 0.256 e. The summed E-state index contributed by atoms with van der Waals surface area (Å²) >= 11 is 0. The average molecular weight is 394 g/mol. The van der Waals surface area contributed by atoms with E-state index in [1.807, 2.05) is 11.8 Å². The zero-order valence-electron chi connectivity index (χ0n) is 16.0. The number of amides is 1. The Morgan fingerprint density at radius 2 is 2.24 bits per heavy atom. The number of carbonyl (C=O) groups excluding carboxylic acids is 1. The number of nitrogens with one attached hydrogen (secondary N) is 1. The topological polar surface area (TPSA) is 76.1 Å². The molecule has 29 heavy (non-hydrogen) atoms. The number of fused-ring (bicyclic) bond motifs is 2. The molecule has 3 heterocycles. The van der Waals surface area contributed by atoms with E-state index in [4.69, 9.17) is 11.3 Å². The molecule has 1 N–H and O–H groups in total. The second-order valence-corrected chi connectivity index (χ2v) is 6.75. The Hall–Kier alpha value is -3.67.